The Morgan fingerprint density at radius 1 is 1.15 bits per heavy atom. The van der Waals surface area contributed by atoms with E-state index in [-0.39, 0.29) is 17.9 Å². The van der Waals surface area contributed by atoms with Crippen LogP contribution in [0.4, 0.5) is 5.69 Å². The highest BCUT2D eigenvalue weighted by Gasteiger charge is 2.27. The largest absolute Gasteiger partial charge is 0.465 e. The van der Waals surface area contributed by atoms with Crippen LogP contribution < -0.4 is 4.31 Å². The average Bonchev–Trinajstić information content (AvgIpc) is 2.67. The summed E-state index contributed by atoms with van der Waals surface area (Å²) >= 11 is 1.51. The number of nitrogens with zero attached hydrogens (tertiary/aromatic N) is 2. The number of carbonyl (C=O) groups excluding carboxylic acids is 1. The van der Waals surface area contributed by atoms with Gasteiger partial charge in [-0.2, -0.15) is 5.26 Å². The normalized spacial score (nSPS) is 10.9. The lowest BCUT2D eigenvalue weighted by Crippen LogP contribution is -2.36. The molecule has 6 nitrogen and oxygen atoms in total. The molecule has 2 aromatic rings. The minimum Gasteiger partial charge on any atom is -0.465 e. The summed E-state index contributed by atoms with van der Waals surface area (Å²) in [7, 11) is -3.96. The molecule has 0 aliphatic heterocycles. The van der Waals surface area contributed by atoms with Crippen LogP contribution in [0.15, 0.2) is 58.3 Å². The summed E-state index contributed by atoms with van der Waals surface area (Å²) in [6.45, 7) is 1.39. The smallest absolute Gasteiger partial charge is 0.326 e. The van der Waals surface area contributed by atoms with Gasteiger partial charge in [-0.15, -0.1) is 11.8 Å². The number of nitriles is 1. The van der Waals surface area contributed by atoms with Gasteiger partial charge in [-0.1, -0.05) is 12.1 Å². The summed E-state index contributed by atoms with van der Waals surface area (Å²) in [4.78, 5) is 13.0. The van der Waals surface area contributed by atoms with Gasteiger partial charge in [0.25, 0.3) is 10.0 Å². The monoisotopic (exact) mass is 404 g/mol. The van der Waals surface area contributed by atoms with E-state index in [1.807, 2.05) is 12.3 Å². The number of carbonyl (C=O) groups is 1. The molecular weight excluding hydrogens is 384 g/mol. The van der Waals surface area contributed by atoms with E-state index in [4.69, 9.17) is 10.00 Å². The fourth-order valence-electron chi connectivity index (χ4n) is 2.39. The van der Waals surface area contributed by atoms with E-state index < -0.39 is 22.5 Å². The topological polar surface area (TPSA) is 87.5 Å². The summed E-state index contributed by atoms with van der Waals surface area (Å²) in [5.74, 6) is -0.636. The van der Waals surface area contributed by atoms with Crippen molar-refractivity contribution >= 4 is 33.4 Å². The van der Waals surface area contributed by atoms with E-state index in [2.05, 4.69) is 0 Å². The third kappa shape index (κ3) is 5.25. The van der Waals surface area contributed by atoms with Crippen LogP contribution in [0.3, 0.4) is 0 Å². The molecule has 27 heavy (non-hydrogen) atoms. The molecule has 0 aliphatic rings. The van der Waals surface area contributed by atoms with Gasteiger partial charge in [0.2, 0.25) is 0 Å². The molecule has 0 atom stereocenters. The number of rotatable bonds is 8. The van der Waals surface area contributed by atoms with Gasteiger partial charge in [0.1, 0.15) is 6.54 Å². The predicted molar refractivity (Wildman–Crippen MR) is 105 cm³/mol. The van der Waals surface area contributed by atoms with Gasteiger partial charge in [0, 0.05) is 4.90 Å². The SMILES string of the molecule is CCOC(=O)CN(c1ccc(CC#N)cc1)S(=O)(=O)c1ccc(SC)cc1. The van der Waals surface area contributed by atoms with Crippen LogP contribution in [0, 0.1) is 11.3 Å². The summed E-state index contributed by atoms with van der Waals surface area (Å²) in [5, 5.41) is 8.78. The van der Waals surface area contributed by atoms with Crippen molar-refractivity contribution in [3.05, 3.63) is 54.1 Å². The molecule has 2 aromatic carbocycles. The average molecular weight is 405 g/mol. The second-order valence-corrected chi connectivity index (χ2v) is 8.24. The van der Waals surface area contributed by atoms with E-state index in [0.717, 1.165) is 14.8 Å². The third-order valence-electron chi connectivity index (χ3n) is 3.73. The van der Waals surface area contributed by atoms with Gasteiger partial charge >= 0.3 is 5.97 Å². The van der Waals surface area contributed by atoms with Gasteiger partial charge in [0.15, 0.2) is 0 Å². The number of thioether (sulfide) groups is 1. The number of esters is 1. The first kappa shape index (κ1) is 20.8. The molecular formula is C19H20N2O4S2. The second kappa shape index (κ2) is 9.44. The van der Waals surface area contributed by atoms with Crippen molar-refractivity contribution in [2.24, 2.45) is 0 Å². The highest BCUT2D eigenvalue weighted by atomic mass is 32.2. The fourth-order valence-corrected chi connectivity index (χ4v) is 4.20. The molecule has 8 heteroatoms. The number of anilines is 1. The standard InChI is InChI=1S/C19H20N2O4S2/c1-3-25-19(22)14-21(16-6-4-15(5-7-16)12-13-20)27(23,24)18-10-8-17(26-2)9-11-18/h4-11H,3,12,14H2,1-2H3. The van der Waals surface area contributed by atoms with Crippen molar-refractivity contribution < 1.29 is 17.9 Å². The predicted octanol–water partition coefficient (Wildman–Crippen LogP) is 3.23. The molecule has 2 rings (SSSR count). The zero-order chi connectivity index (χ0) is 19.9. The molecule has 0 aromatic heterocycles. The van der Waals surface area contributed by atoms with Crippen molar-refractivity contribution in [1.82, 2.24) is 0 Å². The van der Waals surface area contributed by atoms with E-state index in [9.17, 15) is 13.2 Å². The maximum atomic E-state index is 13.1. The van der Waals surface area contributed by atoms with E-state index in [1.54, 1.807) is 43.3 Å². The lowest BCUT2D eigenvalue weighted by atomic mass is 10.1. The molecule has 0 saturated heterocycles. The van der Waals surface area contributed by atoms with Crippen LogP contribution in [0.2, 0.25) is 0 Å². The quantitative estimate of drug-likeness (QED) is 0.496. The minimum atomic E-state index is -3.96. The zero-order valence-electron chi connectivity index (χ0n) is 15.1. The third-order valence-corrected chi connectivity index (χ3v) is 6.26. The molecule has 0 bridgehead atoms. The molecule has 0 heterocycles. The molecule has 0 N–H and O–H groups in total. The van der Waals surface area contributed by atoms with Gasteiger partial charge in [-0.3, -0.25) is 9.10 Å². The van der Waals surface area contributed by atoms with Crippen LogP contribution in [-0.4, -0.2) is 33.8 Å². The summed E-state index contributed by atoms with van der Waals surface area (Å²) in [6, 6.07) is 15.0. The Labute approximate surface area is 163 Å². The fraction of sp³-hybridized carbons (Fsp3) is 0.263. The molecule has 0 radical (unpaired) electrons. The van der Waals surface area contributed by atoms with Crippen LogP contribution in [0.25, 0.3) is 0 Å². The molecule has 0 aliphatic carbocycles. The highest BCUT2D eigenvalue weighted by molar-refractivity contribution is 7.98. The molecule has 0 fully saturated rings. The lowest BCUT2D eigenvalue weighted by molar-refractivity contribution is -0.141. The Bertz CT molecular complexity index is 918. The maximum absolute atomic E-state index is 13.1. The Morgan fingerprint density at radius 2 is 1.78 bits per heavy atom. The van der Waals surface area contributed by atoms with Crippen LogP contribution >= 0.6 is 11.8 Å². The Morgan fingerprint density at radius 3 is 2.30 bits per heavy atom. The lowest BCUT2D eigenvalue weighted by Gasteiger charge is -2.24. The molecule has 0 spiro atoms. The number of benzene rings is 2. The molecule has 0 amide bonds. The van der Waals surface area contributed by atoms with Crippen molar-refractivity contribution in [1.29, 1.82) is 5.26 Å². The first-order valence-corrected chi connectivity index (χ1v) is 10.9. The van der Waals surface area contributed by atoms with E-state index in [0.29, 0.717) is 5.69 Å². The maximum Gasteiger partial charge on any atom is 0.326 e. The van der Waals surface area contributed by atoms with Crippen molar-refractivity contribution in [2.75, 3.05) is 23.7 Å². The number of sulfonamides is 1. The van der Waals surface area contributed by atoms with Crippen molar-refractivity contribution in [3.63, 3.8) is 0 Å². The first-order valence-electron chi connectivity index (χ1n) is 8.20. The highest BCUT2D eigenvalue weighted by Crippen LogP contribution is 2.26. The van der Waals surface area contributed by atoms with Gasteiger partial charge < -0.3 is 4.74 Å². The summed E-state index contributed by atoms with van der Waals surface area (Å²) in [6.07, 6.45) is 2.13. The van der Waals surface area contributed by atoms with Crippen molar-refractivity contribution in [2.45, 2.75) is 23.1 Å². The summed E-state index contributed by atoms with van der Waals surface area (Å²) in [5.41, 5.74) is 1.10. The Hall–Kier alpha value is -2.50. The second-order valence-electron chi connectivity index (χ2n) is 5.49. The molecule has 0 unspecified atom stereocenters. The van der Waals surface area contributed by atoms with Crippen LogP contribution in [0.5, 0.6) is 0 Å². The molecule has 0 saturated carbocycles. The Balaban J connectivity index is 2.43. The summed E-state index contributed by atoms with van der Waals surface area (Å²) < 4.78 is 32.2. The Kier molecular flexibility index (Phi) is 7.28. The van der Waals surface area contributed by atoms with Crippen molar-refractivity contribution in [3.8, 4) is 6.07 Å². The minimum absolute atomic E-state index is 0.0886. The van der Waals surface area contributed by atoms with Crippen LogP contribution in [0.1, 0.15) is 12.5 Å². The van der Waals surface area contributed by atoms with Crippen LogP contribution in [-0.2, 0) is 26.0 Å². The first-order chi connectivity index (χ1) is 12.9. The number of ether oxygens (including phenoxy) is 1. The number of hydrogen-bond donors (Lipinski definition) is 0. The van der Waals surface area contributed by atoms with E-state index in [1.165, 1.54) is 23.9 Å². The van der Waals surface area contributed by atoms with Gasteiger partial charge in [-0.25, -0.2) is 8.42 Å². The number of hydrogen-bond acceptors (Lipinski definition) is 6. The van der Waals surface area contributed by atoms with E-state index >= 15 is 0 Å². The molecule has 142 valence electrons. The van der Waals surface area contributed by atoms with Gasteiger partial charge in [0.05, 0.1) is 29.7 Å². The van der Waals surface area contributed by atoms with Gasteiger partial charge in [-0.05, 0) is 55.1 Å². The zero-order valence-corrected chi connectivity index (χ0v) is 16.7.